The van der Waals surface area contributed by atoms with Crippen LogP contribution in [0.15, 0.2) is 48.5 Å². The molecule has 0 fully saturated rings. The Kier molecular flexibility index (Phi) is 6.95. The van der Waals surface area contributed by atoms with E-state index in [1.807, 2.05) is 42.5 Å². The molecular weight excluding hydrogens is 302 g/mol. The van der Waals surface area contributed by atoms with E-state index in [2.05, 4.69) is 17.6 Å². The van der Waals surface area contributed by atoms with E-state index in [9.17, 15) is 4.79 Å². The summed E-state index contributed by atoms with van der Waals surface area (Å²) in [5, 5.41) is 5.88. The van der Waals surface area contributed by atoms with Crippen LogP contribution >= 0.6 is 0 Å². The van der Waals surface area contributed by atoms with Crippen LogP contribution in [0.25, 0.3) is 0 Å². The lowest BCUT2D eigenvalue weighted by molar-refractivity contribution is 0.259. The molecule has 0 unspecified atom stereocenters. The van der Waals surface area contributed by atoms with E-state index in [0.717, 1.165) is 30.0 Å². The average molecular weight is 327 g/mol. The first-order valence-electron chi connectivity index (χ1n) is 8.29. The van der Waals surface area contributed by atoms with Crippen LogP contribution in [0.1, 0.15) is 31.7 Å². The highest BCUT2D eigenvalue weighted by atomic mass is 16.5. The molecule has 5 nitrogen and oxygen atoms in total. The van der Waals surface area contributed by atoms with Crippen LogP contribution in [0.5, 0.6) is 5.75 Å². The van der Waals surface area contributed by atoms with Crippen molar-refractivity contribution in [1.29, 1.82) is 0 Å². The van der Waals surface area contributed by atoms with Crippen molar-refractivity contribution in [3.63, 3.8) is 0 Å². The molecule has 0 saturated heterocycles. The van der Waals surface area contributed by atoms with E-state index in [1.54, 1.807) is 6.07 Å². The molecule has 4 N–H and O–H groups in total. The third-order valence-electron chi connectivity index (χ3n) is 3.57. The first-order chi connectivity index (χ1) is 11.7. The van der Waals surface area contributed by atoms with Crippen molar-refractivity contribution in [3.05, 3.63) is 54.1 Å². The van der Waals surface area contributed by atoms with Gasteiger partial charge in [-0.15, -0.1) is 0 Å². The number of unbranched alkanes of at least 4 members (excludes halogenated alkanes) is 2. The fourth-order valence-electron chi connectivity index (χ4n) is 2.30. The molecule has 2 aromatic carbocycles. The Morgan fingerprint density at radius 1 is 1.08 bits per heavy atom. The minimum atomic E-state index is -0.568. The van der Waals surface area contributed by atoms with Gasteiger partial charge in [-0.25, -0.2) is 4.79 Å². The smallest absolute Gasteiger partial charge is 0.316 e. The molecule has 0 heterocycles. The third-order valence-corrected chi connectivity index (χ3v) is 3.57. The van der Waals surface area contributed by atoms with Crippen molar-refractivity contribution in [1.82, 2.24) is 0 Å². The van der Waals surface area contributed by atoms with Gasteiger partial charge in [-0.2, -0.15) is 0 Å². The summed E-state index contributed by atoms with van der Waals surface area (Å²) >= 11 is 0. The Labute approximate surface area is 143 Å². The van der Waals surface area contributed by atoms with Crippen LogP contribution in [0.4, 0.5) is 16.2 Å². The maximum absolute atomic E-state index is 10.9. The fraction of sp³-hybridized carbons (Fsp3) is 0.316. The molecule has 24 heavy (non-hydrogen) atoms. The fourth-order valence-corrected chi connectivity index (χ4v) is 2.30. The second-order valence-corrected chi connectivity index (χ2v) is 5.62. The summed E-state index contributed by atoms with van der Waals surface area (Å²) in [7, 11) is 0. The number of nitrogens with one attached hydrogen (secondary N) is 2. The first-order valence-corrected chi connectivity index (χ1v) is 8.29. The highest BCUT2D eigenvalue weighted by molar-refractivity contribution is 5.88. The van der Waals surface area contributed by atoms with E-state index in [4.69, 9.17) is 10.5 Å². The lowest BCUT2D eigenvalue weighted by Gasteiger charge is -2.10. The number of nitrogens with two attached hydrogens (primary N) is 1. The van der Waals surface area contributed by atoms with Gasteiger partial charge in [0, 0.05) is 17.9 Å². The van der Waals surface area contributed by atoms with Gasteiger partial charge < -0.3 is 21.1 Å². The predicted molar refractivity (Wildman–Crippen MR) is 98.4 cm³/mol. The largest absolute Gasteiger partial charge is 0.494 e. The van der Waals surface area contributed by atoms with Crippen molar-refractivity contribution in [2.24, 2.45) is 5.73 Å². The Morgan fingerprint density at radius 2 is 1.83 bits per heavy atom. The zero-order valence-electron chi connectivity index (χ0n) is 14.0. The molecule has 0 aliphatic heterocycles. The minimum absolute atomic E-state index is 0.568. The van der Waals surface area contributed by atoms with Gasteiger partial charge in [-0.05, 0) is 42.3 Å². The quantitative estimate of drug-likeness (QED) is 0.599. The van der Waals surface area contributed by atoms with Crippen LogP contribution < -0.4 is 21.1 Å². The van der Waals surface area contributed by atoms with Gasteiger partial charge in [0.1, 0.15) is 5.75 Å². The highest BCUT2D eigenvalue weighted by Crippen LogP contribution is 2.17. The van der Waals surface area contributed by atoms with Gasteiger partial charge in [0.15, 0.2) is 0 Å². The van der Waals surface area contributed by atoms with E-state index in [1.165, 1.54) is 12.8 Å². The highest BCUT2D eigenvalue weighted by Gasteiger charge is 2.00. The molecule has 5 heteroatoms. The number of carbonyl (C=O) groups excluding carboxylic acids is 1. The molecule has 2 aromatic rings. The van der Waals surface area contributed by atoms with Crippen LogP contribution in [0.3, 0.4) is 0 Å². The number of ether oxygens (including phenoxy) is 1. The normalized spacial score (nSPS) is 10.2. The van der Waals surface area contributed by atoms with Gasteiger partial charge in [-0.1, -0.05) is 38.0 Å². The molecule has 0 saturated carbocycles. The number of hydrogen-bond acceptors (Lipinski definition) is 3. The van der Waals surface area contributed by atoms with Crippen molar-refractivity contribution in [2.45, 2.75) is 32.7 Å². The topological polar surface area (TPSA) is 76.4 Å². The van der Waals surface area contributed by atoms with Crippen LogP contribution in [0.2, 0.25) is 0 Å². The van der Waals surface area contributed by atoms with Crippen molar-refractivity contribution in [3.8, 4) is 5.75 Å². The molecule has 2 amide bonds. The number of hydrogen-bond donors (Lipinski definition) is 3. The zero-order valence-corrected chi connectivity index (χ0v) is 14.0. The Bertz CT molecular complexity index is 641. The van der Waals surface area contributed by atoms with Gasteiger partial charge in [-0.3, -0.25) is 0 Å². The van der Waals surface area contributed by atoms with Crippen LogP contribution in [-0.4, -0.2) is 12.6 Å². The molecule has 0 bridgehead atoms. The van der Waals surface area contributed by atoms with E-state index < -0.39 is 6.03 Å². The van der Waals surface area contributed by atoms with Gasteiger partial charge in [0.05, 0.1) is 6.61 Å². The molecule has 0 aliphatic rings. The second kappa shape index (κ2) is 9.45. The Morgan fingerprint density at radius 3 is 2.54 bits per heavy atom. The maximum atomic E-state index is 10.9. The summed E-state index contributed by atoms with van der Waals surface area (Å²) in [5.74, 6) is 0.905. The molecular formula is C19H25N3O2. The number of urea groups is 1. The summed E-state index contributed by atoms with van der Waals surface area (Å²) < 4.78 is 5.71. The van der Waals surface area contributed by atoms with Gasteiger partial charge in [0.25, 0.3) is 0 Å². The van der Waals surface area contributed by atoms with Crippen molar-refractivity contribution >= 4 is 17.4 Å². The molecule has 2 rings (SSSR count). The minimum Gasteiger partial charge on any atom is -0.494 e. The average Bonchev–Trinajstić information content (AvgIpc) is 2.58. The number of carbonyl (C=O) groups is 1. The molecule has 0 atom stereocenters. The Hall–Kier alpha value is -2.69. The molecule has 0 aliphatic carbocycles. The molecule has 0 aromatic heterocycles. The second-order valence-electron chi connectivity index (χ2n) is 5.62. The third kappa shape index (κ3) is 6.20. The lowest BCUT2D eigenvalue weighted by Crippen LogP contribution is -2.19. The maximum Gasteiger partial charge on any atom is 0.316 e. The standard InChI is InChI=1S/C19H25N3O2/c1-2-3-4-12-24-18-10-8-15(9-11-18)14-21-16-6-5-7-17(13-16)22-19(20)23/h5-11,13,21H,2-4,12,14H2,1H3,(H3,20,22,23). The monoisotopic (exact) mass is 327 g/mol. The van der Waals surface area contributed by atoms with Crippen LogP contribution in [-0.2, 0) is 6.54 Å². The molecule has 128 valence electrons. The molecule has 0 radical (unpaired) electrons. The summed E-state index contributed by atoms with van der Waals surface area (Å²) in [6, 6.07) is 15.0. The SMILES string of the molecule is CCCCCOc1ccc(CNc2cccc(NC(N)=O)c2)cc1. The number of amides is 2. The zero-order chi connectivity index (χ0) is 17.2. The summed E-state index contributed by atoms with van der Waals surface area (Å²) in [4.78, 5) is 10.9. The number of benzene rings is 2. The molecule has 0 spiro atoms. The summed E-state index contributed by atoms with van der Waals surface area (Å²) in [5.41, 5.74) is 7.87. The first kappa shape index (κ1) is 17.7. The summed E-state index contributed by atoms with van der Waals surface area (Å²) in [6.07, 6.45) is 3.49. The lowest BCUT2D eigenvalue weighted by atomic mass is 10.2. The van der Waals surface area contributed by atoms with Gasteiger partial charge >= 0.3 is 6.03 Å². The van der Waals surface area contributed by atoms with E-state index in [-0.39, 0.29) is 0 Å². The number of anilines is 2. The van der Waals surface area contributed by atoms with Crippen molar-refractivity contribution < 1.29 is 9.53 Å². The summed E-state index contributed by atoms with van der Waals surface area (Å²) in [6.45, 7) is 3.64. The van der Waals surface area contributed by atoms with E-state index >= 15 is 0 Å². The van der Waals surface area contributed by atoms with Crippen molar-refractivity contribution in [2.75, 3.05) is 17.2 Å². The van der Waals surface area contributed by atoms with Crippen LogP contribution in [0, 0.1) is 0 Å². The van der Waals surface area contributed by atoms with Gasteiger partial charge in [0.2, 0.25) is 0 Å². The van der Waals surface area contributed by atoms with E-state index in [0.29, 0.717) is 12.2 Å². The predicted octanol–water partition coefficient (Wildman–Crippen LogP) is 4.36. The number of rotatable bonds is 9. The Balaban J connectivity index is 1.82. The number of primary amides is 1.